The molecular formula is C35H43N7O3S. The van der Waals surface area contributed by atoms with Crippen molar-refractivity contribution in [3.8, 4) is 0 Å². The third-order valence-corrected chi connectivity index (χ3v) is 11.1. The third kappa shape index (κ3) is 6.35. The van der Waals surface area contributed by atoms with Crippen LogP contribution in [0.1, 0.15) is 66.5 Å². The van der Waals surface area contributed by atoms with E-state index < -0.39 is 21.4 Å². The fourth-order valence-electron chi connectivity index (χ4n) is 6.30. The van der Waals surface area contributed by atoms with Crippen LogP contribution in [0.15, 0.2) is 78.2 Å². The lowest BCUT2D eigenvalue weighted by atomic mass is 9.69. The van der Waals surface area contributed by atoms with Gasteiger partial charge in [0.05, 0.1) is 39.8 Å². The number of amides is 1. The quantitative estimate of drug-likeness (QED) is 0.127. The van der Waals surface area contributed by atoms with Gasteiger partial charge in [-0.25, -0.2) is 24.2 Å². The first-order valence-corrected chi connectivity index (χ1v) is 16.9. The maximum absolute atomic E-state index is 14.0. The van der Waals surface area contributed by atoms with Gasteiger partial charge in [-0.1, -0.05) is 56.3 Å². The van der Waals surface area contributed by atoms with Gasteiger partial charge < -0.3 is 16.1 Å². The summed E-state index contributed by atoms with van der Waals surface area (Å²) in [5.74, 6) is 5.55. The second-order valence-electron chi connectivity index (χ2n) is 12.5. The predicted molar refractivity (Wildman–Crippen MR) is 183 cm³/mol. The number of sulfonamides is 1. The summed E-state index contributed by atoms with van der Waals surface area (Å²) < 4.78 is 29.2. The Labute approximate surface area is 271 Å². The van der Waals surface area contributed by atoms with Gasteiger partial charge in [-0.15, -0.1) is 0 Å². The van der Waals surface area contributed by atoms with Gasteiger partial charge in [0, 0.05) is 25.6 Å². The zero-order valence-corrected chi connectivity index (χ0v) is 27.9. The lowest BCUT2D eigenvalue weighted by molar-refractivity contribution is -0.124. The number of carbonyl (C=O) groups is 1. The number of aryl methyl sites for hydroxylation is 2. The Morgan fingerprint density at radius 2 is 1.80 bits per heavy atom. The lowest BCUT2D eigenvalue weighted by Gasteiger charge is -2.36. The van der Waals surface area contributed by atoms with Crippen molar-refractivity contribution in [3.63, 3.8) is 0 Å². The number of anilines is 3. The molecule has 10 nitrogen and oxygen atoms in total. The van der Waals surface area contributed by atoms with Crippen LogP contribution in [0.2, 0.25) is 0 Å². The third-order valence-electron chi connectivity index (χ3n) is 9.12. The van der Waals surface area contributed by atoms with Crippen molar-refractivity contribution in [2.45, 2.75) is 64.8 Å². The van der Waals surface area contributed by atoms with Gasteiger partial charge in [-0.3, -0.25) is 4.79 Å². The minimum atomic E-state index is -3.70. The van der Waals surface area contributed by atoms with E-state index >= 15 is 0 Å². The molecule has 11 heteroatoms. The summed E-state index contributed by atoms with van der Waals surface area (Å²) in [7, 11) is -3.70. The summed E-state index contributed by atoms with van der Waals surface area (Å²) in [6.07, 6.45) is 5.95. The number of nitrogens with two attached hydrogens (primary N) is 2. The molecule has 0 spiro atoms. The molecule has 0 fully saturated rings. The van der Waals surface area contributed by atoms with Gasteiger partial charge in [0.2, 0.25) is 15.9 Å². The molecule has 46 heavy (non-hydrogen) atoms. The molecule has 1 aromatic heterocycles. The zero-order valence-electron chi connectivity index (χ0n) is 27.1. The first-order chi connectivity index (χ1) is 21.9. The van der Waals surface area contributed by atoms with E-state index in [1.807, 2.05) is 77.1 Å². The smallest absolute Gasteiger partial charge is 0.243 e. The second kappa shape index (κ2) is 13.2. The fraction of sp³-hybridized carbons (Fsp3) is 0.343. The molecule has 5 N–H and O–H groups in total. The molecule has 0 saturated carbocycles. The molecule has 5 rings (SSSR count). The van der Waals surface area contributed by atoms with Gasteiger partial charge in [0.25, 0.3) is 0 Å². The number of hydrazine groups is 1. The summed E-state index contributed by atoms with van der Waals surface area (Å²) in [6.45, 7) is 10.9. The molecule has 3 aromatic carbocycles. The molecule has 4 aromatic rings. The molecule has 0 radical (unpaired) electrons. The molecule has 2 heterocycles. The Hall–Kier alpha value is -4.32. The first kappa shape index (κ1) is 33.1. The molecule has 0 bridgehead atoms. The standard InChI is InChI=1S/C35H43N7O3S/c1-6-42(37)30-16-15-29(24(3)33(30)36)32(35(4,5)34(43)40-28-19-38-22-39-20-28)26-14-13-23(2)27(18-26)21-41-17-9-11-25-10-7-8-12-31(25)46(41,44)45/h7-8,10,12-16,18-20,22,32H,6,9,11,17,21,36-37H2,1-5H3,(H,40,43). The van der Waals surface area contributed by atoms with Crippen LogP contribution in [0.3, 0.4) is 0 Å². The van der Waals surface area contributed by atoms with Crippen LogP contribution in [0.25, 0.3) is 0 Å². The monoisotopic (exact) mass is 641 g/mol. The highest BCUT2D eigenvalue weighted by Crippen LogP contribution is 2.46. The average Bonchev–Trinajstić information content (AvgIpc) is 3.16. The molecule has 1 amide bonds. The van der Waals surface area contributed by atoms with Gasteiger partial charge in [0.1, 0.15) is 6.33 Å². The molecule has 0 aliphatic carbocycles. The number of rotatable bonds is 9. The Morgan fingerprint density at radius 1 is 1.09 bits per heavy atom. The van der Waals surface area contributed by atoms with Crippen LogP contribution in [0, 0.1) is 19.3 Å². The first-order valence-electron chi connectivity index (χ1n) is 15.5. The number of carbonyl (C=O) groups excluding carboxylic acids is 1. The predicted octanol–water partition coefficient (Wildman–Crippen LogP) is 5.31. The maximum Gasteiger partial charge on any atom is 0.243 e. The zero-order chi connectivity index (χ0) is 33.2. The number of nitrogens with zero attached hydrogens (tertiary/aromatic N) is 4. The molecular weight excluding hydrogens is 598 g/mol. The van der Waals surface area contributed by atoms with Crippen molar-refractivity contribution in [2.75, 3.05) is 29.1 Å². The summed E-state index contributed by atoms with van der Waals surface area (Å²) in [4.78, 5) is 22.5. The Morgan fingerprint density at radius 3 is 2.52 bits per heavy atom. The molecule has 1 aliphatic heterocycles. The number of nitrogens with one attached hydrogen (secondary N) is 1. The van der Waals surface area contributed by atoms with E-state index in [9.17, 15) is 13.2 Å². The minimum absolute atomic E-state index is 0.218. The molecule has 0 saturated heterocycles. The topological polar surface area (TPSA) is 148 Å². The van der Waals surface area contributed by atoms with Crippen molar-refractivity contribution < 1.29 is 13.2 Å². The van der Waals surface area contributed by atoms with E-state index in [-0.39, 0.29) is 12.5 Å². The van der Waals surface area contributed by atoms with Crippen LogP contribution < -0.4 is 21.9 Å². The van der Waals surface area contributed by atoms with E-state index in [1.54, 1.807) is 33.8 Å². The number of fused-ring (bicyclic) bond motifs is 1. The van der Waals surface area contributed by atoms with Crippen molar-refractivity contribution in [3.05, 3.63) is 107 Å². The van der Waals surface area contributed by atoms with Crippen LogP contribution in [-0.4, -0.2) is 41.7 Å². The highest BCUT2D eigenvalue weighted by molar-refractivity contribution is 7.89. The largest absolute Gasteiger partial charge is 0.397 e. The Kier molecular flexibility index (Phi) is 9.48. The number of hydrogen-bond acceptors (Lipinski definition) is 8. The second-order valence-corrected chi connectivity index (χ2v) is 14.4. The number of hydrogen-bond donors (Lipinski definition) is 3. The van der Waals surface area contributed by atoms with E-state index in [4.69, 9.17) is 11.6 Å². The maximum atomic E-state index is 14.0. The SMILES string of the molecule is CCN(N)c1ccc(C(c2ccc(C)c(CN3CCCc4ccccc4S3(=O)=O)c2)C(C)(C)C(=O)Nc2cncnc2)c(C)c1N. The number of nitrogen functional groups attached to an aromatic ring is 1. The van der Waals surface area contributed by atoms with Gasteiger partial charge in [-0.05, 0) is 79.1 Å². The average molecular weight is 642 g/mol. The van der Waals surface area contributed by atoms with Crippen LogP contribution in [-0.2, 0) is 27.8 Å². The summed E-state index contributed by atoms with van der Waals surface area (Å²) >= 11 is 0. The number of aromatic nitrogens is 2. The molecule has 242 valence electrons. The van der Waals surface area contributed by atoms with Gasteiger partial charge in [0.15, 0.2) is 0 Å². The highest BCUT2D eigenvalue weighted by atomic mass is 32.2. The van der Waals surface area contributed by atoms with Crippen LogP contribution in [0.4, 0.5) is 17.1 Å². The van der Waals surface area contributed by atoms with E-state index in [0.29, 0.717) is 41.5 Å². The van der Waals surface area contributed by atoms with E-state index in [2.05, 4.69) is 15.3 Å². The number of benzene rings is 3. The molecule has 1 atom stereocenters. The minimum Gasteiger partial charge on any atom is -0.397 e. The fourth-order valence-corrected chi connectivity index (χ4v) is 8.01. The van der Waals surface area contributed by atoms with E-state index in [1.165, 1.54) is 6.33 Å². The van der Waals surface area contributed by atoms with Crippen molar-refractivity contribution in [1.82, 2.24) is 14.3 Å². The lowest BCUT2D eigenvalue weighted by Crippen LogP contribution is -2.38. The highest BCUT2D eigenvalue weighted by Gasteiger charge is 2.40. The summed E-state index contributed by atoms with van der Waals surface area (Å²) in [5, 5.41) is 4.58. The summed E-state index contributed by atoms with van der Waals surface area (Å²) in [6, 6.07) is 17.2. The molecule has 1 aliphatic rings. The normalized spacial score (nSPS) is 15.4. The van der Waals surface area contributed by atoms with Crippen molar-refractivity contribution in [1.29, 1.82) is 0 Å². The Bertz CT molecular complexity index is 1840. The Balaban J connectivity index is 1.60. The summed E-state index contributed by atoms with van der Waals surface area (Å²) in [5.41, 5.74) is 12.7. The van der Waals surface area contributed by atoms with Crippen molar-refractivity contribution in [2.24, 2.45) is 11.3 Å². The van der Waals surface area contributed by atoms with Gasteiger partial charge in [-0.2, -0.15) is 4.31 Å². The van der Waals surface area contributed by atoms with E-state index in [0.717, 1.165) is 39.8 Å². The van der Waals surface area contributed by atoms with Crippen LogP contribution >= 0.6 is 0 Å². The molecule has 1 unspecified atom stereocenters. The van der Waals surface area contributed by atoms with Crippen LogP contribution in [0.5, 0.6) is 0 Å². The van der Waals surface area contributed by atoms with Gasteiger partial charge >= 0.3 is 0 Å². The van der Waals surface area contributed by atoms with Crippen molar-refractivity contribution >= 4 is 33.0 Å².